The highest BCUT2D eigenvalue weighted by Crippen LogP contribution is 2.38. The van der Waals surface area contributed by atoms with Gasteiger partial charge in [-0.2, -0.15) is 0 Å². The zero-order valence-corrected chi connectivity index (χ0v) is 21.7. The van der Waals surface area contributed by atoms with Gasteiger partial charge in [-0.05, 0) is 56.1 Å². The van der Waals surface area contributed by atoms with Gasteiger partial charge in [0.1, 0.15) is 5.84 Å². The minimum absolute atomic E-state index is 0.419. The van der Waals surface area contributed by atoms with Gasteiger partial charge in [-0.1, -0.05) is 83.7 Å². The summed E-state index contributed by atoms with van der Waals surface area (Å²) in [6.07, 6.45) is 21.7. The molecule has 186 valence electrons. The van der Waals surface area contributed by atoms with E-state index in [4.69, 9.17) is 4.99 Å². The number of nitrogens with one attached hydrogen (secondary N) is 2. The molecule has 0 aromatic heterocycles. The lowest BCUT2D eigenvalue weighted by molar-refractivity contribution is 0.166. The summed E-state index contributed by atoms with van der Waals surface area (Å²) in [6, 6.07) is 0. The van der Waals surface area contributed by atoms with Crippen molar-refractivity contribution in [2.75, 3.05) is 32.7 Å². The van der Waals surface area contributed by atoms with Crippen LogP contribution in [0.1, 0.15) is 72.1 Å². The first-order valence-corrected chi connectivity index (χ1v) is 12.9. The van der Waals surface area contributed by atoms with Crippen LogP contribution in [0.25, 0.3) is 0 Å². The normalized spacial score (nSPS) is 17.0. The Hall–Kier alpha value is -2.07. The van der Waals surface area contributed by atoms with Gasteiger partial charge in [0.15, 0.2) is 0 Å². The Labute approximate surface area is 204 Å². The van der Waals surface area contributed by atoms with Gasteiger partial charge in [0, 0.05) is 31.9 Å². The van der Waals surface area contributed by atoms with Gasteiger partial charge in [-0.15, -0.1) is 0 Å². The second-order valence-electron chi connectivity index (χ2n) is 9.81. The second-order valence-corrected chi connectivity index (χ2v) is 9.81. The van der Waals surface area contributed by atoms with E-state index in [2.05, 4.69) is 74.3 Å². The molecule has 0 aliphatic heterocycles. The number of aliphatic imine (C=N–C) groups is 1. The summed E-state index contributed by atoms with van der Waals surface area (Å²) >= 11 is 0. The lowest BCUT2D eigenvalue weighted by Crippen LogP contribution is -2.44. The number of allylic oxidation sites excluding steroid dienone is 5. The molecule has 0 saturated heterocycles. The first-order valence-electron chi connectivity index (χ1n) is 12.9. The van der Waals surface area contributed by atoms with E-state index in [1.807, 2.05) is 12.2 Å². The van der Waals surface area contributed by atoms with Crippen LogP contribution >= 0.6 is 0 Å². The molecule has 0 radical (unpaired) electrons. The zero-order chi connectivity index (χ0) is 24.4. The molecule has 0 heterocycles. The summed E-state index contributed by atoms with van der Waals surface area (Å²) < 4.78 is 0. The average molecular weight is 455 g/mol. The number of nitrogens with zero attached hydrogens (tertiary/aromatic N) is 2. The molecule has 1 rings (SSSR count). The number of hydrogen-bond acceptors (Lipinski definition) is 3. The fourth-order valence-corrected chi connectivity index (χ4v) is 4.43. The van der Waals surface area contributed by atoms with Gasteiger partial charge in [0.25, 0.3) is 0 Å². The molecule has 0 amide bonds. The highest BCUT2D eigenvalue weighted by atomic mass is 15.2. The van der Waals surface area contributed by atoms with Crippen LogP contribution in [0.4, 0.5) is 0 Å². The SMILES string of the molecule is C=C/C=C\CC/C=C\CCN=C(CN(CC(C)CNC(=C)CC)CC1(C)CCCC1)NC=C. The molecule has 4 heteroatoms. The molecule has 1 aliphatic rings. The largest absolute Gasteiger partial charge is 0.389 e. The van der Waals surface area contributed by atoms with E-state index in [1.165, 1.54) is 25.7 Å². The van der Waals surface area contributed by atoms with Crippen molar-refractivity contribution in [2.24, 2.45) is 16.3 Å². The summed E-state index contributed by atoms with van der Waals surface area (Å²) in [5, 5.41) is 6.80. The number of amidine groups is 1. The summed E-state index contributed by atoms with van der Waals surface area (Å²) in [4.78, 5) is 7.48. The van der Waals surface area contributed by atoms with Gasteiger partial charge in [0.2, 0.25) is 0 Å². The van der Waals surface area contributed by atoms with Crippen molar-refractivity contribution >= 4 is 5.84 Å². The Morgan fingerprint density at radius 2 is 1.82 bits per heavy atom. The van der Waals surface area contributed by atoms with Crippen molar-refractivity contribution in [1.82, 2.24) is 15.5 Å². The maximum Gasteiger partial charge on any atom is 0.114 e. The van der Waals surface area contributed by atoms with E-state index in [1.54, 1.807) is 6.20 Å². The molecule has 1 atom stereocenters. The van der Waals surface area contributed by atoms with Gasteiger partial charge in [0.05, 0.1) is 6.54 Å². The lowest BCUT2D eigenvalue weighted by Gasteiger charge is -2.34. The summed E-state index contributed by atoms with van der Waals surface area (Å²) in [6.45, 7) is 23.4. The quantitative estimate of drug-likeness (QED) is 0.0804. The van der Waals surface area contributed by atoms with Crippen molar-refractivity contribution in [3.63, 3.8) is 0 Å². The molecule has 1 aliphatic carbocycles. The first-order chi connectivity index (χ1) is 15.9. The van der Waals surface area contributed by atoms with E-state index in [-0.39, 0.29) is 0 Å². The molecular weight excluding hydrogens is 404 g/mol. The molecule has 0 bridgehead atoms. The first kappa shape index (κ1) is 29.0. The molecule has 1 unspecified atom stereocenters. The summed E-state index contributed by atoms with van der Waals surface area (Å²) in [7, 11) is 0. The van der Waals surface area contributed by atoms with Crippen LogP contribution < -0.4 is 10.6 Å². The third-order valence-electron chi connectivity index (χ3n) is 6.29. The minimum Gasteiger partial charge on any atom is -0.389 e. The van der Waals surface area contributed by atoms with Crippen LogP contribution in [0.5, 0.6) is 0 Å². The van der Waals surface area contributed by atoms with Crippen molar-refractivity contribution in [3.05, 3.63) is 62.0 Å². The highest BCUT2D eigenvalue weighted by molar-refractivity contribution is 5.85. The standard InChI is InChI=1S/C29H50N4/c1-7-10-11-12-13-14-15-18-21-31-28(30-9-3)24-33(25-29(6)19-16-17-20-29)23-26(4)22-32-27(5)8-2/h7,9-11,14-15,26,32H,1,3,5,8,12-13,16-25H2,2,4,6H3,(H,30,31)/b11-10-,15-14-. The topological polar surface area (TPSA) is 39.7 Å². The van der Waals surface area contributed by atoms with Crippen LogP contribution in [0.3, 0.4) is 0 Å². The Bertz CT molecular complexity index is 653. The fourth-order valence-electron chi connectivity index (χ4n) is 4.43. The lowest BCUT2D eigenvalue weighted by atomic mass is 9.88. The Morgan fingerprint density at radius 1 is 1.12 bits per heavy atom. The van der Waals surface area contributed by atoms with Crippen molar-refractivity contribution in [1.29, 1.82) is 0 Å². The zero-order valence-electron chi connectivity index (χ0n) is 21.7. The molecule has 0 aromatic rings. The second kappa shape index (κ2) is 17.4. The van der Waals surface area contributed by atoms with E-state index in [0.717, 1.165) is 69.9 Å². The smallest absolute Gasteiger partial charge is 0.114 e. The molecule has 4 nitrogen and oxygen atoms in total. The molecule has 1 fully saturated rings. The average Bonchev–Trinajstić information content (AvgIpc) is 3.22. The van der Waals surface area contributed by atoms with Crippen LogP contribution in [0.15, 0.2) is 67.0 Å². The molecule has 33 heavy (non-hydrogen) atoms. The predicted molar refractivity (Wildman–Crippen MR) is 148 cm³/mol. The third-order valence-corrected chi connectivity index (χ3v) is 6.29. The number of rotatable bonds is 18. The number of hydrogen-bond donors (Lipinski definition) is 2. The van der Waals surface area contributed by atoms with Crippen molar-refractivity contribution in [3.8, 4) is 0 Å². The number of unbranched alkanes of at least 4 members (excludes halogenated alkanes) is 1. The maximum atomic E-state index is 4.88. The maximum absolute atomic E-state index is 4.88. The minimum atomic E-state index is 0.419. The molecule has 0 aromatic carbocycles. The van der Waals surface area contributed by atoms with E-state index in [9.17, 15) is 0 Å². The van der Waals surface area contributed by atoms with Crippen LogP contribution in [0, 0.1) is 11.3 Å². The van der Waals surface area contributed by atoms with Crippen molar-refractivity contribution < 1.29 is 0 Å². The summed E-state index contributed by atoms with van der Waals surface area (Å²) in [5.41, 5.74) is 1.54. The Kier molecular flexibility index (Phi) is 15.3. The van der Waals surface area contributed by atoms with Gasteiger partial charge >= 0.3 is 0 Å². The Morgan fingerprint density at radius 3 is 2.48 bits per heavy atom. The van der Waals surface area contributed by atoms with E-state index < -0.39 is 0 Å². The van der Waals surface area contributed by atoms with Gasteiger partial charge in [-0.25, -0.2) is 0 Å². The van der Waals surface area contributed by atoms with Gasteiger partial charge < -0.3 is 10.6 Å². The van der Waals surface area contributed by atoms with Crippen molar-refractivity contribution in [2.45, 2.75) is 72.1 Å². The van der Waals surface area contributed by atoms with E-state index in [0.29, 0.717) is 11.3 Å². The molecule has 2 N–H and O–H groups in total. The Balaban J connectivity index is 2.67. The van der Waals surface area contributed by atoms with Crippen LogP contribution in [0.2, 0.25) is 0 Å². The predicted octanol–water partition coefficient (Wildman–Crippen LogP) is 6.62. The third kappa shape index (κ3) is 13.9. The van der Waals surface area contributed by atoms with Gasteiger partial charge in [-0.3, -0.25) is 9.89 Å². The molecular formula is C29H50N4. The van der Waals surface area contributed by atoms with Crippen LogP contribution in [-0.4, -0.2) is 43.5 Å². The highest BCUT2D eigenvalue weighted by Gasteiger charge is 2.31. The molecule has 0 spiro atoms. The van der Waals surface area contributed by atoms with E-state index >= 15 is 0 Å². The molecule has 1 saturated carbocycles. The monoisotopic (exact) mass is 454 g/mol. The fraction of sp³-hybridized carbons (Fsp3) is 0.621. The van der Waals surface area contributed by atoms with Crippen LogP contribution in [-0.2, 0) is 0 Å². The summed E-state index contributed by atoms with van der Waals surface area (Å²) in [5.74, 6) is 1.56.